The highest BCUT2D eigenvalue weighted by atomic mass is 127. The molecule has 0 aliphatic heterocycles. The van der Waals surface area contributed by atoms with Crippen molar-refractivity contribution in [2.45, 2.75) is 20.1 Å². The van der Waals surface area contributed by atoms with Crippen molar-refractivity contribution < 1.29 is 14.3 Å². The van der Waals surface area contributed by atoms with Gasteiger partial charge in [-0.25, -0.2) is 0 Å². The van der Waals surface area contributed by atoms with Gasteiger partial charge in [-0.05, 0) is 30.2 Å². The van der Waals surface area contributed by atoms with E-state index in [-0.39, 0.29) is 36.5 Å². The van der Waals surface area contributed by atoms with E-state index < -0.39 is 0 Å². The van der Waals surface area contributed by atoms with Crippen LogP contribution in [0, 0.1) is 0 Å². The number of guanidine groups is 1. The number of aliphatic imine (C=N–C) groups is 1. The molecule has 0 aliphatic rings. The summed E-state index contributed by atoms with van der Waals surface area (Å²) in [6.45, 7) is 4.90. The van der Waals surface area contributed by atoms with Crippen LogP contribution in [0.25, 0.3) is 0 Å². The van der Waals surface area contributed by atoms with Crippen molar-refractivity contribution in [3.63, 3.8) is 0 Å². The molecule has 2 rings (SSSR count). The summed E-state index contributed by atoms with van der Waals surface area (Å²) in [5.74, 6) is 1.23. The molecular weight excluding hydrogens is 495 g/mol. The summed E-state index contributed by atoms with van der Waals surface area (Å²) in [6.07, 6.45) is 0. The van der Waals surface area contributed by atoms with Gasteiger partial charge in [-0.15, -0.1) is 24.0 Å². The molecule has 0 heterocycles. The highest BCUT2D eigenvalue weighted by Crippen LogP contribution is 2.13. The smallest absolute Gasteiger partial charge is 0.257 e. The number of carbonyl (C=O) groups excluding carboxylic acids is 1. The van der Waals surface area contributed by atoms with Gasteiger partial charge in [0.1, 0.15) is 5.75 Å². The van der Waals surface area contributed by atoms with Crippen molar-refractivity contribution in [3.05, 3.63) is 65.7 Å². The third-order valence-electron chi connectivity index (χ3n) is 3.98. The molecule has 0 fully saturated rings. The van der Waals surface area contributed by atoms with Gasteiger partial charge in [-0.1, -0.05) is 42.5 Å². The Morgan fingerprint density at radius 3 is 2.50 bits per heavy atom. The standard InChI is InChI=1S/C22H30N4O3.HI/c1-3-24-21(27)17-29-20-11-7-10-19(14-20)15-26-22(23-2)25-12-13-28-16-18-8-5-4-6-9-18;/h4-11,14H,3,12-13,15-17H2,1-2H3,(H,24,27)(H2,23,25,26);1H. The third kappa shape index (κ3) is 10.4. The first-order valence-electron chi connectivity index (χ1n) is 9.76. The predicted octanol–water partition coefficient (Wildman–Crippen LogP) is 2.70. The van der Waals surface area contributed by atoms with Crippen LogP contribution < -0.4 is 20.7 Å². The fraction of sp³-hybridized carbons (Fsp3) is 0.364. The molecule has 0 aromatic heterocycles. The molecule has 1 amide bonds. The van der Waals surface area contributed by atoms with Crippen LogP contribution in [-0.4, -0.2) is 45.2 Å². The van der Waals surface area contributed by atoms with Crippen molar-refractivity contribution in [3.8, 4) is 5.75 Å². The van der Waals surface area contributed by atoms with E-state index >= 15 is 0 Å². The first-order chi connectivity index (χ1) is 14.2. The predicted molar refractivity (Wildman–Crippen MR) is 130 cm³/mol. The maximum Gasteiger partial charge on any atom is 0.257 e. The second-order valence-electron chi connectivity index (χ2n) is 6.28. The van der Waals surface area contributed by atoms with E-state index in [0.29, 0.717) is 44.6 Å². The fourth-order valence-corrected chi connectivity index (χ4v) is 2.55. The van der Waals surface area contributed by atoms with Gasteiger partial charge < -0.3 is 25.4 Å². The first-order valence-corrected chi connectivity index (χ1v) is 9.76. The van der Waals surface area contributed by atoms with Crippen LogP contribution in [0.4, 0.5) is 0 Å². The molecular formula is C22H31IN4O3. The Morgan fingerprint density at radius 1 is 1.00 bits per heavy atom. The van der Waals surface area contributed by atoms with Crippen LogP contribution in [-0.2, 0) is 22.7 Å². The lowest BCUT2D eigenvalue weighted by atomic mass is 10.2. The Labute approximate surface area is 195 Å². The SMILES string of the molecule is CCNC(=O)COc1cccc(CNC(=NC)NCCOCc2ccccc2)c1.I. The maximum absolute atomic E-state index is 11.5. The van der Waals surface area contributed by atoms with Crippen molar-refractivity contribution in [1.82, 2.24) is 16.0 Å². The van der Waals surface area contributed by atoms with Gasteiger partial charge in [0, 0.05) is 26.7 Å². The number of hydrogen-bond acceptors (Lipinski definition) is 4. The van der Waals surface area contributed by atoms with Gasteiger partial charge in [0.25, 0.3) is 5.91 Å². The summed E-state index contributed by atoms with van der Waals surface area (Å²) in [5.41, 5.74) is 2.19. The van der Waals surface area contributed by atoms with Crippen molar-refractivity contribution in [2.75, 3.05) is 33.4 Å². The van der Waals surface area contributed by atoms with Crippen LogP contribution in [0.2, 0.25) is 0 Å². The van der Waals surface area contributed by atoms with Crippen molar-refractivity contribution in [1.29, 1.82) is 0 Å². The molecule has 164 valence electrons. The number of hydrogen-bond donors (Lipinski definition) is 3. The minimum absolute atomic E-state index is 0. The number of benzene rings is 2. The number of carbonyl (C=O) groups is 1. The van der Waals surface area contributed by atoms with Crippen LogP contribution >= 0.6 is 24.0 Å². The molecule has 2 aromatic rings. The fourth-order valence-electron chi connectivity index (χ4n) is 2.55. The minimum Gasteiger partial charge on any atom is -0.484 e. The van der Waals surface area contributed by atoms with E-state index in [2.05, 4.69) is 20.9 Å². The second kappa shape index (κ2) is 15.5. The van der Waals surface area contributed by atoms with Gasteiger partial charge in [0.2, 0.25) is 0 Å². The highest BCUT2D eigenvalue weighted by molar-refractivity contribution is 14.0. The zero-order valence-electron chi connectivity index (χ0n) is 17.5. The van der Waals surface area contributed by atoms with Crippen molar-refractivity contribution in [2.24, 2.45) is 4.99 Å². The number of likely N-dealkylation sites (N-methyl/N-ethyl adjacent to an activating group) is 1. The summed E-state index contributed by atoms with van der Waals surface area (Å²) < 4.78 is 11.2. The number of ether oxygens (including phenoxy) is 2. The van der Waals surface area contributed by atoms with E-state index in [9.17, 15) is 4.79 Å². The van der Waals surface area contributed by atoms with Crippen LogP contribution in [0.1, 0.15) is 18.1 Å². The van der Waals surface area contributed by atoms with E-state index in [1.54, 1.807) is 7.05 Å². The van der Waals surface area contributed by atoms with Gasteiger partial charge >= 0.3 is 0 Å². The molecule has 30 heavy (non-hydrogen) atoms. The van der Waals surface area contributed by atoms with Crippen LogP contribution in [0.3, 0.4) is 0 Å². The topological polar surface area (TPSA) is 84.0 Å². The van der Waals surface area contributed by atoms with E-state index in [0.717, 1.165) is 11.1 Å². The van der Waals surface area contributed by atoms with E-state index in [4.69, 9.17) is 9.47 Å². The Bertz CT molecular complexity index is 772. The molecule has 0 unspecified atom stereocenters. The average molecular weight is 526 g/mol. The zero-order valence-corrected chi connectivity index (χ0v) is 19.8. The van der Waals surface area contributed by atoms with Gasteiger partial charge in [-0.3, -0.25) is 9.79 Å². The molecule has 0 spiro atoms. The van der Waals surface area contributed by atoms with E-state index in [1.807, 2.05) is 61.5 Å². The quantitative estimate of drug-likeness (QED) is 0.182. The number of rotatable bonds is 11. The normalized spacial score (nSPS) is 10.7. The zero-order chi connectivity index (χ0) is 20.7. The second-order valence-corrected chi connectivity index (χ2v) is 6.28. The summed E-state index contributed by atoms with van der Waals surface area (Å²) in [7, 11) is 1.73. The molecule has 7 nitrogen and oxygen atoms in total. The summed E-state index contributed by atoms with van der Waals surface area (Å²) in [5, 5.41) is 9.18. The lowest BCUT2D eigenvalue weighted by Crippen LogP contribution is -2.38. The molecule has 3 N–H and O–H groups in total. The number of amides is 1. The minimum atomic E-state index is -0.130. The van der Waals surface area contributed by atoms with Gasteiger partial charge in [0.15, 0.2) is 12.6 Å². The Morgan fingerprint density at radius 2 is 1.77 bits per heavy atom. The molecule has 2 aromatic carbocycles. The molecule has 0 atom stereocenters. The van der Waals surface area contributed by atoms with Crippen LogP contribution in [0.15, 0.2) is 59.6 Å². The number of nitrogens with zero attached hydrogens (tertiary/aromatic N) is 1. The lowest BCUT2D eigenvalue weighted by Gasteiger charge is -2.13. The van der Waals surface area contributed by atoms with Crippen LogP contribution in [0.5, 0.6) is 5.75 Å². The largest absolute Gasteiger partial charge is 0.484 e. The first kappa shape index (κ1) is 25.7. The molecule has 0 saturated carbocycles. The Balaban J connectivity index is 0.00000450. The van der Waals surface area contributed by atoms with Crippen molar-refractivity contribution >= 4 is 35.8 Å². The summed E-state index contributed by atoms with van der Waals surface area (Å²) in [6, 6.07) is 17.7. The third-order valence-corrected chi connectivity index (χ3v) is 3.98. The number of halogens is 1. The molecule has 0 saturated heterocycles. The molecule has 8 heteroatoms. The monoisotopic (exact) mass is 526 g/mol. The summed E-state index contributed by atoms with van der Waals surface area (Å²) in [4.78, 5) is 15.7. The number of nitrogens with one attached hydrogen (secondary N) is 3. The summed E-state index contributed by atoms with van der Waals surface area (Å²) >= 11 is 0. The lowest BCUT2D eigenvalue weighted by molar-refractivity contribution is -0.122. The highest BCUT2D eigenvalue weighted by Gasteiger charge is 2.03. The molecule has 0 aliphatic carbocycles. The Kier molecular flexibility index (Phi) is 13.3. The maximum atomic E-state index is 11.5. The van der Waals surface area contributed by atoms with E-state index in [1.165, 1.54) is 0 Å². The van der Waals surface area contributed by atoms with Gasteiger partial charge in [0.05, 0.1) is 13.2 Å². The Hall–Kier alpha value is -2.33. The van der Waals surface area contributed by atoms with Gasteiger partial charge in [-0.2, -0.15) is 0 Å². The molecule has 0 radical (unpaired) electrons. The molecule has 0 bridgehead atoms. The average Bonchev–Trinajstić information content (AvgIpc) is 2.75.